The van der Waals surface area contributed by atoms with Crippen LogP contribution < -0.4 is 5.32 Å². The average molecular weight is 368 g/mol. The maximum absolute atomic E-state index is 14.0. The fraction of sp³-hybridized carbons (Fsp3) is 0.600. The summed E-state index contributed by atoms with van der Waals surface area (Å²) in [4.78, 5) is 0. The Hall–Kier alpha value is -0.620. The van der Waals surface area contributed by atoms with E-state index in [9.17, 15) is 17.6 Å². The van der Waals surface area contributed by atoms with Crippen LogP contribution in [0, 0.1) is 17.7 Å². The molecule has 0 amide bonds. The second-order valence-electron chi connectivity index (χ2n) is 5.60. The standard InChI is InChI=1S/C15H18BrF4N/c1-21-14(12-8-11(16)5-6-13(12)17)9-3-2-4-10(7-9)15(18,19)20/h5-6,8-10,14,21H,2-4,7H2,1H3. The molecule has 0 aliphatic heterocycles. The monoisotopic (exact) mass is 367 g/mol. The molecule has 118 valence electrons. The summed E-state index contributed by atoms with van der Waals surface area (Å²) in [5.74, 6) is -1.87. The summed E-state index contributed by atoms with van der Waals surface area (Å²) < 4.78 is 53.5. The summed E-state index contributed by atoms with van der Waals surface area (Å²) in [6.45, 7) is 0. The Balaban J connectivity index is 2.23. The zero-order chi connectivity index (χ0) is 15.6. The molecule has 3 atom stereocenters. The molecule has 0 spiro atoms. The maximum Gasteiger partial charge on any atom is 0.391 e. The number of hydrogen-bond donors (Lipinski definition) is 1. The van der Waals surface area contributed by atoms with Crippen LogP contribution in [0.15, 0.2) is 22.7 Å². The van der Waals surface area contributed by atoms with Gasteiger partial charge in [-0.3, -0.25) is 0 Å². The lowest BCUT2D eigenvalue weighted by atomic mass is 9.75. The number of hydrogen-bond acceptors (Lipinski definition) is 1. The number of alkyl halides is 3. The molecule has 1 aromatic rings. The van der Waals surface area contributed by atoms with Gasteiger partial charge in [-0.05, 0) is 50.4 Å². The molecule has 1 aliphatic carbocycles. The highest BCUT2D eigenvalue weighted by Gasteiger charge is 2.43. The van der Waals surface area contributed by atoms with Gasteiger partial charge in [-0.25, -0.2) is 4.39 Å². The van der Waals surface area contributed by atoms with E-state index in [0.29, 0.717) is 18.4 Å². The Morgan fingerprint density at radius 3 is 2.62 bits per heavy atom. The van der Waals surface area contributed by atoms with E-state index >= 15 is 0 Å². The SMILES string of the molecule is CNC(c1cc(Br)ccc1F)C1CCCC(C(F)(F)F)C1. The third-order valence-corrected chi connectivity index (χ3v) is 4.75. The van der Waals surface area contributed by atoms with E-state index in [-0.39, 0.29) is 24.6 Å². The molecule has 1 fully saturated rings. The van der Waals surface area contributed by atoms with Gasteiger partial charge in [-0.2, -0.15) is 13.2 Å². The second kappa shape index (κ2) is 6.65. The van der Waals surface area contributed by atoms with E-state index in [4.69, 9.17) is 0 Å². The van der Waals surface area contributed by atoms with Gasteiger partial charge >= 0.3 is 6.18 Å². The topological polar surface area (TPSA) is 12.0 Å². The van der Waals surface area contributed by atoms with Crippen LogP contribution in [0.2, 0.25) is 0 Å². The van der Waals surface area contributed by atoms with Gasteiger partial charge in [0.15, 0.2) is 0 Å². The molecule has 1 saturated carbocycles. The van der Waals surface area contributed by atoms with Gasteiger partial charge in [0.05, 0.1) is 5.92 Å². The highest BCUT2D eigenvalue weighted by atomic mass is 79.9. The van der Waals surface area contributed by atoms with Crippen molar-refractivity contribution in [3.05, 3.63) is 34.1 Å². The molecule has 0 heterocycles. The maximum atomic E-state index is 14.0. The summed E-state index contributed by atoms with van der Waals surface area (Å²) in [5.41, 5.74) is 0.430. The van der Waals surface area contributed by atoms with E-state index < -0.39 is 18.1 Å². The minimum atomic E-state index is -4.16. The first-order valence-electron chi connectivity index (χ1n) is 7.02. The predicted molar refractivity (Wildman–Crippen MR) is 77.4 cm³/mol. The van der Waals surface area contributed by atoms with Gasteiger partial charge in [0, 0.05) is 16.1 Å². The van der Waals surface area contributed by atoms with Gasteiger partial charge in [0.2, 0.25) is 0 Å². The van der Waals surface area contributed by atoms with Crippen LogP contribution in [-0.2, 0) is 0 Å². The highest BCUT2D eigenvalue weighted by molar-refractivity contribution is 9.10. The van der Waals surface area contributed by atoms with Crippen LogP contribution in [0.4, 0.5) is 17.6 Å². The van der Waals surface area contributed by atoms with Crippen molar-refractivity contribution in [3.8, 4) is 0 Å². The Morgan fingerprint density at radius 2 is 2.00 bits per heavy atom. The van der Waals surface area contributed by atoms with Crippen LogP contribution in [0.1, 0.15) is 37.3 Å². The van der Waals surface area contributed by atoms with Gasteiger partial charge in [-0.1, -0.05) is 22.4 Å². The lowest BCUT2D eigenvalue weighted by Crippen LogP contribution is -2.35. The summed E-state index contributed by atoms with van der Waals surface area (Å²) in [6, 6.07) is 4.18. The van der Waals surface area contributed by atoms with Crippen LogP contribution >= 0.6 is 15.9 Å². The summed E-state index contributed by atoms with van der Waals surface area (Å²) >= 11 is 3.29. The van der Waals surface area contributed by atoms with Crippen molar-refractivity contribution in [3.63, 3.8) is 0 Å². The van der Waals surface area contributed by atoms with Crippen LogP contribution in [0.3, 0.4) is 0 Å². The molecule has 21 heavy (non-hydrogen) atoms. The van der Waals surface area contributed by atoms with E-state index in [1.54, 1.807) is 19.2 Å². The average Bonchev–Trinajstić information content (AvgIpc) is 2.43. The molecular weight excluding hydrogens is 350 g/mol. The molecule has 1 N–H and O–H groups in total. The van der Waals surface area contributed by atoms with Crippen molar-refractivity contribution in [1.82, 2.24) is 5.32 Å². The Bertz CT molecular complexity index is 489. The van der Waals surface area contributed by atoms with E-state index in [1.165, 1.54) is 6.07 Å². The lowest BCUT2D eigenvalue weighted by Gasteiger charge is -2.35. The first-order valence-corrected chi connectivity index (χ1v) is 7.81. The van der Waals surface area contributed by atoms with Crippen LogP contribution in [0.5, 0.6) is 0 Å². The second-order valence-corrected chi connectivity index (χ2v) is 6.51. The fourth-order valence-electron chi connectivity index (χ4n) is 3.23. The van der Waals surface area contributed by atoms with E-state index in [2.05, 4.69) is 21.2 Å². The molecule has 0 aromatic heterocycles. The minimum absolute atomic E-state index is 0.0565. The predicted octanol–water partition coefficient (Wildman–Crippen LogP) is 5.22. The summed E-state index contributed by atoms with van der Waals surface area (Å²) in [6.07, 6.45) is -2.71. The summed E-state index contributed by atoms with van der Waals surface area (Å²) in [5, 5.41) is 3.00. The highest BCUT2D eigenvalue weighted by Crippen LogP contribution is 2.44. The zero-order valence-corrected chi connectivity index (χ0v) is 13.3. The number of rotatable bonds is 3. The van der Waals surface area contributed by atoms with Crippen molar-refractivity contribution in [1.29, 1.82) is 0 Å². The van der Waals surface area contributed by atoms with Gasteiger partial charge in [0.1, 0.15) is 5.82 Å². The number of halogens is 5. The Kier molecular flexibility index (Phi) is 5.30. The molecule has 3 unspecified atom stereocenters. The normalized spacial score (nSPS) is 24.9. The van der Waals surface area contributed by atoms with Crippen LogP contribution in [0.25, 0.3) is 0 Å². The fourth-order valence-corrected chi connectivity index (χ4v) is 3.60. The third-order valence-electron chi connectivity index (χ3n) is 4.25. The molecule has 6 heteroatoms. The number of benzene rings is 1. The molecule has 1 aromatic carbocycles. The molecule has 1 aliphatic rings. The molecule has 1 nitrogen and oxygen atoms in total. The van der Waals surface area contributed by atoms with Crippen molar-refractivity contribution in [2.24, 2.45) is 11.8 Å². The zero-order valence-electron chi connectivity index (χ0n) is 11.7. The van der Waals surface area contributed by atoms with E-state index in [1.807, 2.05) is 0 Å². The third kappa shape index (κ3) is 3.97. The molecule has 0 saturated heterocycles. The van der Waals surface area contributed by atoms with Gasteiger partial charge in [-0.15, -0.1) is 0 Å². The lowest BCUT2D eigenvalue weighted by molar-refractivity contribution is -0.186. The first kappa shape index (κ1) is 16.7. The molecular formula is C15H18BrF4N. The van der Waals surface area contributed by atoms with Crippen molar-refractivity contribution < 1.29 is 17.6 Å². The van der Waals surface area contributed by atoms with Gasteiger partial charge in [0.25, 0.3) is 0 Å². The van der Waals surface area contributed by atoms with Crippen molar-refractivity contribution >= 4 is 15.9 Å². The van der Waals surface area contributed by atoms with Crippen LogP contribution in [-0.4, -0.2) is 13.2 Å². The first-order chi connectivity index (χ1) is 9.82. The Labute approximate surface area is 130 Å². The van der Waals surface area contributed by atoms with E-state index in [0.717, 1.165) is 4.47 Å². The summed E-state index contributed by atoms with van der Waals surface area (Å²) in [7, 11) is 1.67. The quantitative estimate of drug-likeness (QED) is 0.722. The Morgan fingerprint density at radius 1 is 1.29 bits per heavy atom. The van der Waals surface area contributed by atoms with Gasteiger partial charge < -0.3 is 5.32 Å². The molecule has 2 rings (SSSR count). The smallest absolute Gasteiger partial charge is 0.313 e. The molecule has 0 radical (unpaired) electrons. The molecule has 0 bridgehead atoms. The minimum Gasteiger partial charge on any atom is -0.313 e. The van der Waals surface area contributed by atoms with Crippen molar-refractivity contribution in [2.75, 3.05) is 7.05 Å². The van der Waals surface area contributed by atoms with Crippen molar-refractivity contribution in [2.45, 2.75) is 37.9 Å². The largest absolute Gasteiger partial charge is 0.391 e. The number of nitrogens with one attached hydrogen (secondary N) is 1.